The van der Waals surface area contributed by atoms with Gasteiger partial charge >= 0.3 is 0 Å². The number of fused-ring (bicyclic) bond motifs is 1. The number of para-hydroxylation sites is 1. The molecule has 27 heavy (non-hydrogen) atoms. The number of hydrogen-bond donors (Lipinski definition) is 4. The highest BCUT2D eigenvalue weighted by Gasteiger charge is 2.26. The van der Waals surface area contributed by atoms with Gasteiger partial charge in [0.15, 0.2) is 0 Å². The highest BCUT2D eigenvalue weighted by Crippen LogP contribution is 2.30. The third-order valence-corrected chi connectivity index (χ3v) is 4.80. The third kappa shape index (κ3) is 4.10. The molecule has 3 rings (SSSR count). The van der Waals surface area contributed by atoms with Crippen LogP contribution in [0.3, 0.4) is 0 Å². The molecule has 1 amide bonds. The summed E-state index contributed by atoms with van der Waals surface area (Å²) in [6.45, 7) is 2.77. The van der Waals surface area contributed by atoms with Crippen molar-refractivity contribution in [3.05, 3.63) is 59.2 Å². The van der Waals surface area contributed by atoms with E-state index < -0.39 is 5.92 Å². The third-order valence-electron chi connectivity index (χ3n) is 4.80. The van der Waals surface area contributed by atoms with Crippen LogP contribution in [0.25, 0.3) is 0 Å². The van der Waals surface area contributed by atoms with E-state index in [0.29, 0.717) is 25.8 Å². The van der Waals surface area contributed by atoms with Gasteiger partial charge in [0.25, 0.3) is 0 Å². The molecule has 0 bridgehead atoms. The number of carbonyl (C=O) groups excluding carboxylic acids is 2. The minimum Gasteiger partial charge on any atom is -0.508 e. The van der Waals surface area contributed by atoms with Gasteiger partial charge in [0.1, 0.15) is 18.2 Å². The Bertz CT molecular complexity index is 822. The lowest BCUT2D eigenvalue weighted by molar-refractivity contribution is -0.138. The van der Waals surface area contributed by atoms with E-state index in [-0.39, 0.29) is 17.8 Å². The number of rotatable bonds is 7. The second-order valence-electron chi connectivity index (χ2n) is 6.59. The fourth-order valence-electron chi connectivity index (χ4n) is 3.26. The largest absolute Gasteiger partial charge is 0.508 e. The van der Waals surface area contributed by atoms with E-state index in [1.807, 2.05) is 25.1 Å². The van der Waals surface area contributed by atoms with E-state index >= 15 is 0 Å². The number of phenolic OH excluding ortho intramolecular Hbond substituents is 1. The molecule has 0 aliphatic carbocycles. The molecular weight excluding hydrogens is 344 g/mol. The zero-order valence-corrected chi connectivity index (χ0v) is 15.2. The van der Waals surface area contributed by atoms with Gasteiger partial charge in [-0.1, -0.05) is 30.3 Å². The maximum absolute atomic E-state index is 12.9. The van der Waals surface area contributed by atoms with Crippen molar-refractivity contribution in [3.8, 4) is 5.75 Å². The van der Waals surface area contributed by atoms with Gasteiger partial charge in [-0.2, -0.15) is 0 Å². The molecule has 2 aromatic carbocycles. The van der Waals surface area contributed by atoms with Gasteiger partial charge in [-0.25, -0.2) is 5.43 Å². The van der Waals surface area contributed by atoms with Crippen molar-refractivity contribution in [3.63, 3.8) is 0 Å². The molecule has 7 heteroatoms. The predicted octanol–water partition coefficient (Wildman–Crippen LogP) is 1.69. The number of phenols is 1. The summed E-state index contributed by atoms with van der Waals surface area (Å²) in [5.74, 6) is -0.826. The van der Waals surface area contributed by atoms with Crippen LogP contribution in [0.15, 0.2) is 42.5 Å². The Balaban J connectivity index is 1.75. The van der Waals surface area contributed by atoms with E-state index in [1.54, 1.807) is 29.2 Å². The van der Waals surface area contributed by atoms with Gasteiger partial charge in [0.2, 0.25) is 5.91 Å². The first-order valence-corrected chi connectivity index (χ1v) is 8.94. The summed E-state index contributed by atoms with van der Waals surface area (Å²) in [6, 6.07) is 12.3. The van der Waals surface area contributed by atoms with Gasteiger partial charge in [-0.05, 0) is 36.6 Å². The Morgan fingerprint density at radius 3 is 2.70 bits per heavy atom. The Hall–Kier alpha value is -2.90. The molecule has 2 aromatic rings. The number of nitrogens with zero attached hydrogens (tertiary/aromatic N) is 1. The van der Waals surface area contributed by atoms with Crippen molar-refractivity contribution in [2.75, 3.05) is 12.0 Å². The second-order valence-corrected chi connectivity index (χ2v) is 6.59. The van der Waals surface area contributed by atoms with Crippen molar-refractivity contribution >= 4 is 17.9 Å². The van der Waals surface area contributed by atoms with Crippen LogP contribution in [0.2, 0.25) is 0 Å². The molecule has 2 unspecified atom stereocenters. The molecule has 0 saturated heterocycles. The number of benzene rings is 2. The molecule has 7 nitrogen and oxygen atoms in total. The molecular formula is C20H24N4O3. The number of aromatic hydroxyl groups is 1. The van der Waals surface area contributed by atoms with Crippen molar-refractivity contribution in [2.45, 2.75) is 26.1 Å². The van der Waals surface area contributed by atoms with Crippen LogP contribution < -0.4 is 16.6 Å². The number of anilines is 1. The van der Waals surface area contributed by atoms with Crippen LogP contribution in [-0.4, -0.2) is 28.7 Å². The molecule has 1 aliphatic rings. The summed E-state index contributed by atoms with van der Waals surface area (Å²) in [5, 5.41) is 9.38. The summed E-state index contributed by atoms with van der Waals surface area (Å²) < 4.78 is 0. The normalized spacial score (nSPS) is 16.3. The number of hydrazine groups is 1. The first-order valence-electron chi connectivity index (χ1n) is 8.94. The number of amides is 1. The molecule has 0 aromatic heterocycles. The number of nitrogens with two attached hydrogens (primary N) is 1. The van der Waals surface area contributed by atoms with Gasteiger partial charge in [0, 0.05) is 18.7 Å². The summed E-state index contributed by atoms with van der Waals surface area (Å²) in [4.78, 5) is 26.2. The molecule has 5 N–H and O–H groups in total. The van der Waals surface area contributed by atoms with Crippen molar-refractivity contribution in [2.24, 2.45) is 11.7 Å². The Labute approximate surface area is 158 Å². The first kappa shape index (κ1) is 18.9. The molecule has 0 fully saturated rings. The number of hydrogen-bond acceptors (Lipinski definition) is 6. The van der Waals surface area contributed by atoms with Crippen LogP contribution in [0.5, 0.6) is 5.75 Å². The van der Waals surface area contributed by atoms with Crippen molar-refractivity contribution in [1.29, 1.82) is 0 Å². The van der Waals surface area contributed by atoms with Crippen molar-refractivity contribution < 1.29 is 14.7 Å². The summed E-state index contributed by atoms with van der Waals surface area (Å²) >= 11 is 0. The summed E-state index contributed by atoms with van der Waals surface area (Å²) in [6.07, 6.45) is 0.711. The molecule has 1 heterocycles. The molecule has 1 aliphatic heterocycles. The smallest absolute Gasteiger partial charge is 0.233 e. The van der Waals surface area contributed by atoms with E-state index in [2.05, 4.69) is 10.9 Å². The van der Waals surface area contributed by atoms with Crippen LogP contribution in [0.1, 0.15) is 29.8 Å². The summed E-state index contributed by atoms with van der Waals surface area (Å²) in [7, 11) is 0. The van der Waals surface area contributed by atoms with E-state index in [1.165, 1.54) is 0 Å². The average Bonchev–Trinajstić information content (AvgIpc) is 3.07. The minimum absolute atomic E-state index is 0.153. The first-order chi connectivity index (χ1) is 13.0. The fourth-order valence-corrected chi connectivity index (χ4v) is 3.26. The Morgan fingerprint density at radius 1 is 1.30 bits per heavy atom. The molecule has 0 radical (unpaired) electrons. The van der Waals surface area contributed by atoms with E-state index in [9.17, 15) is 14.7 Å². The average molecular weight is 368 g/mol. The standard InChI is InChI=1S/C20H24N4O3/c1-2-24(11-14-4-3-5-17-18(14)22-23-19(17)21)20(27)15(12-25)10-13-6-8-16(26)9-7-13/h3-9,12,15,19,22-23,26H,2,10-11,21H2,1H3. The Morgan fingerprint density at radius 2 is 2.04 bits per heavy atom. The maximum Gasteiger partial charge on any atom is 0.233 e. The molecule has 0 saturated carbocycles. The quantitative estimate of drug-likeness (QED) is 0.438. The van der Waals surface area contributed by atoms with Crippen molar-refractivity contribution in [1.82, 2.24) is 10.3 Å². The van der Waals surface area contributed by atoms with E-state index in [4.69, 9.17) is 5.73 Å². The van der Waals surface area contributed by atoms with Crippen LogP contribution in [0, 0.1) is 5.92 Å². The number of carbonyl (C=O) groups is 2. The highest BCUT2D eigenvalue weighted by atomic mass is 16.3. The SMILES string of the molecule is CCN(Cc1cccc2c1NNC2N)C(=O)C(C=O)Cc1ccc(O)cc1. The molecule has 0 spiro atoms. The molecule has 2 atom stereocenters. The highest BCUT2D eigenvalue weighted by molar-refractivity contribution is 5.92. The second kappa shape index (κ2) is 8.20. The van der Waals surface area contributed by atoms with E-state index in [0.717, 1.165) is 22.4 Å². The van der Waals surface area contributed by atoms with Crippen LogP contribution in [0.4, 0.5) is 5.69 Å². The zero-order chi connectivity index (χ0) is 19.4. The lowest BCUT2D eigenvalue weighted by Crippen LogP contribution is -2.37. The molecule has 142 valence electrons. The minimum atomic E-state index is -0.764. The van der Waals surface area contributed by atoms with Gasteiger partial charge < -0.3 is 26.0 Å². The maximum atomic E-state index is 12.9. The van der Waals surface area contributed by atoms with Gasteiger partial charge in [-0.3, -0.25) is 4.79 Å². The van der Waals surface area contributed by atoms with Gasteiger partial charge in [-0.15, -0.1) is 0 Å². The lowest BCUT2D eigenvalue weighted by Gasteiger charge is -2.25. The topological polar surface area (TPSA) is 108 Å². The van der Waals surface area contributed by atoms with Crippen LogP contribution in [-0.2, 0) is 22.6 Å². The number of nitrogens with one attached hydrogen (secondary N) is 2. The predicted molar refractivity (Wildman–Crippen MR) is 103 cm³/mol. The fraction of sp³-hybridized carbons (Fsp3) is 0.300. The lowest BCUT2D eigenvalue weighted by atomic mass is 9.98. The zero-order valence-electron chi connectivity index (χ0n) is 15.2. The Kier molecular flexibility index (Phi) is 5.73. The number of aldehydes is 1. The van der Waals surface area contributed by atoms with Crippen LogP contribution >= 0.6 is 0 Å². The van der Waals surface area contributed by atoms with Gasteiger partial charge in [0.05, 0.1) is 11.6 Å². The monoisotopic (exact) mass is 368 g/mol. The summed E-state index contributed by atoms with van der Waals surface area (Å²) in [5.41, 5.74) is 15.6.